The van der Waals surface area contributed by atoms with Crippen molar-refractivity contribution in [2.24, 2.45) is 0 Å². The van der Waals surface area contributed by atoms with Crippen LogP contribution in [0.15, 0.2) is 12.1 Å². The summed E-state index contributed by atoms with van der Waals surface area (Å²) in [6, 6.07) is 1.13. The van der Waals surface area contributed by atoms with Crippen LogP contribution in [0.2, 0.25) is 0 Å². The zero-order chi connectivity index (χ0) is 15.5. The second-order valence-electron chi connectivity index (χ2n) is 4.84. The zero-order valence-electron chi connectivity index (χ0n) is 11.6. The van der Waals surface area contributed by atoms with E-state index < -0.39 is 34.6 Å². The lowest BCUT2D eigenvalue weighted by Gasteiger charge is -2.28. The third-order valence-electron chi connectivity index (χ3n) is 3.51. The normalized spacial score (nSPS) is 11.2. The highest BCUT2D eigenvalue weighted by molar-refractivity contribution is 6.05. The summed E-state index contributed by atoms with van der Waals surface area (Å²) in [6.45, 7) is 5.53. The van der Waals surface area contributed by atoms with Crippen LogP contribution in [0.4, 0.5) is 8.78 Å². The summed E-state index contributed by atoms with van der Waals surface area (Å²) in [7, 11) is 0. The van der Waals surface area contributed by atoms with Gasteiger partial charge in [0.1, 0.15) is 0 Å². The van der Waals surface area contributed by atoms with Gasteiger partial charge in [0, 0.05) is 5.54 Å². The lowest BCUT2D eigenvalue weighted by atomic mass is 9.94. The van der Waals surface area contributed by atoms with Gasteiger partial charge in [-0.15, -0.1) is 0 Å². The number of rotatable bonds is 5. The van der Waals surface area contributed by atoms with Gasteiger partial charge in [-0.3, -0.25) is 4.79 Å². The molecule has 0 heterocycles. The van der Waals surface area contributed by atoms with E-state index >= 15 is 0 Å². The molecule has 1 rings (SSSR count). The molecule has 0 fully saturated rings. The van der Waals surface area contributed by atoms with Gasteiger partial charge in [-0.2, -0.15) is 0 Å². The Morgan fingerprint density at radius 1 is 1.15 bits per heavy atom. The molecule has 0 spiro atoms. The summed E-state index contributed by atoms with van der Waals surface area (Å²) in [4.78, 5) is 23.1. The van der Waals surface area contributed by atoms with E-state index in [4.69, 9.17) is 5.11 Å². The third kappa shape index (κ3) is 3.31. The molecule has 1 aromatic carbocycles. The standard InChI is InChI=1S/C14H17F2NO3/c1-4-14(3,5-2)17-12(18)8-6-10(15)11(16)7-9(8)13(19)20/h6-7H,4-5H2,1-3H3,(H,17,18)(H,19,20). The van der Waals surface area contributed by atoms with Crippen molar-refractivity contribution in [1.29, 1.82) is 0 Å². The number of amides is 1. The topological polar surface area (TPSA) is 66.4 Å². The number of carboxylic acid groups (broad SMARTS) is 1. The number of carbonyl (C=O) groups is 2. The molecule has 0 aliphatic carbocycles. The Balaban J connectivity index is 3.22. The van der Waals surface area contributed by atoms with E-state index in [0.29, 0.717) is 25.0 Å². The maximum Gasteiger partial charge on any atom is 0.336 e. The van der Waals surface area contributed by atoms with Crippen molar-refractivity contribution >= 4 is 11.9 Å². The van der Waals surface area contributed by atoms with Crippen LogP contribution in [0.3, 0.4) is 0 Å². The SMILES string of the molecule is CCC(C)(CC)NC(=O)c1cc(F)c(F)cc1C(=O)O. The number of hydrogen-bond donors (Lipinski definition) is 2. The number of carbonyl (C=O) groups excluding carboxylic acids is 1. The van der Waals surface area contributed by atoms with Gasteiger partial charge in [-0.1, -0.05) is 13.8 Å². The Morgan fingerprint density at radius 2 is 1.60 bits per heavy atom. The number of hydrogen-bond acceptors (Lipinski definition) is 2. The molecular weight excluding hydrogens is 268 g/mol. The highest BCUT2D eigenvalue weighted by Gasteiger charge is 2.26. The number of benzene rings is 1. The van der Waals surface area contributed by atoms with Gasteiger partial charge < -0.3 is 10.4 Å². The molecule has 0 aliphatic heterocycles. The van der Waals surface area contributed by atoms with E-state index in [9.17, 15) is 18.4 Å². The molecular formula is C14H17F2NO3. The third-order valence-corrected chi connectivity index (χ3v) is 3.51. The van der Waals surface area contributed by atoms with Crippen molar-refractivity contribution in [2.75, 3.05) is 0 Å². The molecule has 4 nitrogen and oxygen atoms in total. The van der Waals surface area contributed by atoms with Gasteiger partial charge in [0.05, 0.1) is 11.1 Å². The zero-order valence-corrected chi connectivity index (χ0v) is 11.6. The maximum absolute atomic E-state index is 13.2. The highest BCUT2D eigenvalue weighted by atomic mass is 19.2. The molecule has 0 radical (unpaired) electrons. The van der Waals surface area contributed by atoms with E-state index in [1.807, 2.05) is 13.8 Å². The van der Waals surface area contributed by atoms with E-state index in [2.05, 4.69) is 5.32 Å². The van der Waals surface area contributed by atoms with Crippen LogP contribution in [0.5, 0.6) is 0 Å². The molecule has 2 N–H and O–H groups in total. The van der Waals surface area contributed by atoms with Gasteiger partial charge in [-0.25, -0.2) is 13.6 Å². The lowest BCUT2D eigenvalue weighted by Crippen LogP contribution is -2.45. The van der Waals surface area contributed by atoms with Crippen LogP contribution in [0.25, 0.3) is 0 Å². The van der Waals surface area contributed by atoms with E-state index in [1.165, 1.54) is 0 Å². The summed E-state index contributed by atoms with van der Waals surface area (Å²) in [6.07, 6.45) is 1.25. The molecule has 20 heavy (non-hydrogen) atoms. The molecule has 110 valence electrons. The predicted octanol–water partition coefficient (Wildman–Crippen LogP) is 2.97. The van der Waals surface area contributed by atoms with Gasteiger partial charge in [-0.05, 0) is 31.9 Å². The van der Waals surface area contributed by atoms with Crippen molar-refractivity contribution in [1.82, 2.24) is 5.32 Å². The summed E-state index contributed by atoms with van der Waals surface area (Å²) < 4.78 is 26.3. The fourth-order valence-electron chi connectivity index (χ4n) is 1.68. The number of carboxylic acids is 1. The van der Waals surface area contributed by atoms with Crippen LogP contribution in [-0.4, -0.2) is 22.5 Å². The first-order chi connectivity index (χ1) is 9.24. The molecule has 0 saturated carbocycles. The van der Waals surface area contributed by atoms with Crippen molar-refractivity contribution in [3.63, 3.8) is 0 Å². The fraction of sp³-hybridized carbons (Fsp3) is 0.429. The first-order valence-electron chi connectivity index (χ1n) is 6.29. The largest absolute Gasteiger partial charge is 0.478 e. The highest BCUT2D eigenvalue weighted by Crippen LogP contribution is 2.19. The fourth-order valence-corrected chi connectivity index (χ4v) is 1.68. The van der Waals surface area contributed by atoms with Crippen molar-refractivity contribution in [3.8, 4) is 0 Å². The van der Waals surface area contributed by atoms with Crippen LogP contribution in [0, 0.1) is 11.6 Å². The maximum atomic E-state index is 13.2. The second kappa shape index (κ2) is 5.98. The Hall–Kier alpha value is -1.98. The monoisotopic (exact) mass is 285 g/mol. The van der Waals surface area contributed by atoms with Crippen molar-refractivity contribution in [3.05, 3.63) is 34.9 Å². The van der Waals surface area contributed by atoms with E-state index in [0.717, 1.165) is 0 Å². The average Bonchev–Trinajstić information content (AvgIpc) is 2.40. The average molecular weight is 285 g/mol. The molecule has 0 aromatic heterocycles. The minimum atomic E-state index is -1.48. The van der Waals surface area contributed by atoms with Crippen LogP contribution in [-0.2, 0) is 0 Å². The minimum absolute atomic E-state index is 0.385. The molecule has 0 saturated heterocycles. The Labute approximate surface area is 115 Å². The summed E-state index contributed by atoms with van der Waals surface area (Å²) in [5.41, 5.74) is -1.47. The molecule has 0 aliphatic rings. The second-order valence-corrected chi connectivity index (χ2v) is 4.84. The predicted molar refractivity (Wildman–Crippen MR) is 69.8 cm³/mol. The number of nitrogens with one attached hydrogen (secondary N) is 1. The van der Waals surface area contributed by atoms with E-state index in [-0.39, 0.29) is 5.56 Å². The molecule has 0 unspecified atom stereocenters. The summed E-state index contributed by atoms with van der Waals surface area (Å²) >= 11 is 0. The quantitative estimate of drug-likeness (QED) is 0.874. The van der Waals surface area contributed by atoms with Crippen LogP contribution in [0.1, 0.15) is 54.3 Å². The van der Waals surface area contributed by atoms with Gasteiger partial charge >= 0.3 is 5.97 Å². The van der Waals surface area contributed by atoms with Gasteiger partial charge in [0.2, 0.25) is 0 Å². The molecule has 6 heteroatoms. The smallest absolute Gasteiger partial charge is 0.336 e. The molecule has 1 aromatic rings. The van der Waals surface area contributed by atoms with E-state index in [1.54, 1.807) is 6.92 Å². The molecule has 0 bridgehead atoms. The molecule has 1 amide bonds. The summed E-state index contributed by atoms with van der Waals surface area (Å²) in [5.74, 6) is -4.77. The van der Waals surface area contributed by atoms with Crippen molar-refractivity contribution < 1.29 is 23.5 Å². The van der Waals surface area contributed by atoms with Crippen molar-refractivity contribution in [2.45, 2.75) is 39.2 Å². The van der Waals surface area contributed by atoms with Crippen LogP contribution >= 0.6 is 0 Å². The van der Waals surface area contributed by atoms with Gasteiger partial charge in [0.25, 0.3) is 5.91 Å². The Morgan fingerprint density at radius 3 is 2.00 bits per heavy atom. The first kappa shape index (κ1) is 16.1. The Bertz CT molecular complexity index is 539. The lowest BCUT2D eigenvalue weighted by molar-refractivity contribution is 0.0688. The molecule has 0 atom stereocenters. The number of aromatic carboxylic acids is 1. The minimum Gasteiger partial charge on any atom is -0.478 e. The van der Waals surface area contributed by atoms with Gasteiger partial charge in [0.15, 0.2) is 11.6 Å². The van der Waals surface area contributed by atoms with Crippen LogP contribution < -0.4 is 5.32 Å². The Kier molecular flexibility index (Phi) is 4.81. The summed E-state index contributed by atoms with van der Waals surface area (Å²) in [5, 5.41) is 11.6. The number of halogens is 2. The first-order valence-corrected chi connectivity index (χ1v) is 6.29.